The van der Waals surface area contributed by atoms with E-state index in [1.807, 2.05) is 11.9 Å². The molecule has 0 fully saturated rings. The predicted molar refractivity (Wildman–Crippen MR) is 77.0 cm³/mol. The zero-order valence-corrected chi connectivity index (χ0v) is 12.1. The molecule has 0 radical (unpaired) electrons. The summed E-state index contributed by atoms with van der Waals surface area (Å²) in [6, 6.07) is 4.52. The molecular weight excluding hydrogens is 265 g/mol. The van der Waals surface area contributed by atoms with Gasteiger partial charge in [0.05, 0.1) is 5.56 Å². The summed E-state index contributed by atoms with van der Waals surface area (Å²) in [4.78, 5) is 1.87. The average molecular weight is 288 g/mol. The molecule has 1 aromatic carbocycles. The first-order chi connectivity index (χ1) is 9.40. The highest BCUT2D eigenvalue weighted by Crippen LogP contribution is 2.34. The Morgan fingerprint density at radius 2 is 1.90 bits per heavy atom. The Morgan fingerprint density at radius 1 is 1.20 bits per heavy atom. The molecule has 0 amide bonds. The summed E-state index contributed by atoms with van der Waals surface area (Å²) < 4.78 is 39.2. The zero-order chi connectivity index (χ0) is 15.2. The van der Waals surface area contributed by atoms with Gasteiger partial charge in [-0.25, -0.2) is 0 Å². The lowest BCUT2D eigenvalue weighted by molar-refractivity contribution is -0.138. The number of rotatable bonds is 7. The molecule has 0 unspecified atom stereocenters. The van der Waals surface area contributed by atoms with Gasteiger partial charge < -0.3 is 10.6 Å². The van der Waals surface area contributed by atoms with Crippen LogP contribution in [0.25, 0.3) is 0 Å². The first kappa shape index (κ1) is 16.8. The molecule has 1 aromatic rings. The van der Waals surface area contributed by atoms with Crippen molar-refractivity contribution < 1.29 is 13.2 Å². The Morgan fingerprint density at radius 3 is 2.45 bits per heavy atom. The lowest BCUT2D eigenvalue weighted by Crippen LogP contribution is -2.20. The number of anilines is 1. The summed E-state index contributed by atoms with van der Waals surface area (Å²) in [7, 11) is 1.83. The van der Waals surface area contributed by atoms with Crippen molar-refractivity contribution >= 4 is 5.69 Å². The minimum Gasteiger partial charge on any atom is -0.375 e. The number of benzene rings is 1. The average Bonchev–Trinajstić information content (AvgIpc) is 2.38. The molecule has 0 atom stereocenters. The highest BCUT2D eigenvalue weighted by atomic mass is 19.4. The second-order valence-electron chi connectivity index (χ2n) is 5.01. The van der Waals surface area contributed by atoms with Crippen LogP contribution in [0, 0.1) is 0 Å². The van der Waals surface area contributed by atoms with E-state index in [2.05, 4.69) is 6.92 Å². The Kier molecular flexibility index (Phi) is 6.33. The van der Waals surface area contributed by atoms with Gasteiger partial charge in [0.1, 0.15) is 0 Å². The Bertz CT molecular complexity index is 416. The van der Waals surface area contributed by atoms with Crippen LogP contribution in [-0.2, 0) is 12.6 Å². The maximum atomic E-state index is 13.1. The predicted octanol–water partition coefficient (Wildman–Crippen LogP) is 3.83. The van der Waals surface area contributed by atoms with Crippen molar-refractivity contribution in [1.29, 1.82) is 0 Å². The maximum Gasteiger partial charge on any atom is 0.416 e. The third-order valence-electron chi connectivity index (χ3n) is 3.35. The van der Waals surface area contributed by atoms with Gasteiger partial charge in [-0.3, -0.25) is 0 Å². The summed E-state index contributed by atoms with van der Waals surface area (Å²) in [5.74, 6) is 0. The summed E-state index contributed by atoms with van der Waals surface area (Å²) >= 11 is 0. The molecule has 0 spiro atoms. The van der Waals surface area contributed by atoms with E-state index < -0.39 is 11.7 Å². The second-order valence-corrected chi connectivity index (χ2v) is 5.01. The van der Waals surface area contributed by atoms with E-state index in [1.165, 1.54) is 6.07 Å². The SMILES string of the molecule is CCCCCN(C)c1ccc(CCN)c(C(F)(F)F)c1. The van der Waals surface area contributed by atoms with Crippen LogP contribution >= 0.6 is 0 Å². The molecule has 0 saturated carbocycles. The van der Waals surface area contributed by atoms with Crippen molar-refractivity contribution in [2.45, 2.75) is 38.8 Å². The molecule has 0 aliphatic heterocycles. The number of nitrogens with zero attached hydrogens (tertiary/aromatic N) is 1. The van der Waals surface area contributed by atoms with Crippen molar-refractivity contribution in [2.75, 3.05) is 25.0 Å². The second kappa shape index (κ2) is 7.53. The molecule has 0 aliphatic rings. The number of nitrogens with two attached hydrogens (primary N) is 1. The summed E-state index contributed by atoms with van der Waals surface area (Å²) in [6.45, 7) is 3.08. The lowest BCUT2D eigenvalue weighted by atomic mass is 10.0. The van der Waals surface area contributed by atoms with Gasteiger partial charge >= 0.3 is 6.18 Å². The third kappa shape index (κ3) is 4.71. The van der Waals surface area contributed by atoms with Crippen LogP contribution in [0.5, 0.6) is 0 Å². The molecular formula is C15H23F3N2. The highest BCUT2D eigenvalue weighted by Gasteiger charge is 2.33. The first-order valence-corrected chi connectivity index (χ1v) is 7.01. The lowest BCUT2D eigenvalue weighted by Gasteiger charge is -2.22. The molecule has 1 rings (SSSR count). The van der Waals surface area contributed by atoms with E-state index in [1.54, 1.807) is 12.1 Å². The molecule has 0 heterocycles. The van der Waals surface area contributed by atoms with Crippen molar-refractivity contribution in [1.82, 2.24) is 0 Å². The van der Waals surface area contributed by atoms with Gasteiger partial charge in [-0.2, -0.15) is 13.2 Å². The topological polar surface area (TPSA) is 29.3 Å². The highest BCUT2D eigenvalue weighted by molar-refractivity contribution is 5.51. The number of halogens is 3. The van der Waals surface area contributed by atoms with Gasteiger partial charge in [0.2, 0.25) is 0 Å². The largest absolute Gasteiger partial charge is 0.416 e. The van der Waals surface area contributed by atoms with Crippen molar-refractivity contribution in [3.63, 3.8) is 0 Å². The molecule has 0 aliphatic carbocycles. The minimum atomic E-state index is -4.33. The summed E-state index contributed by atoms with van der Waals surface area (Å²) in [6.07, 6.45) is -0.919. The van der Waals surface area contributed by atoms with Gasteiger partial charge in [-0.1, -0.05) is 25.8 Å². The Hall–Kier alpha value is -1.23. The minimum absolute atomic E-state index is 0.217. The normalized spacial score (nSPS) is 11.7. The fourth-order valence-corrected chi connectivity index (χ4v) is 2.17. The number of hydrogen-bond donors (Lipinski definition) is 1. The molecule has 0 aromatic heterocycles. The van der Waals surface area contributed by atoms with Gasteiger partial charge in [-0.15, -0.1) is 0 Å². The van der Waals surface area contributed by atoms with E-state index in [0.717, 1.165) is 25.8 Å². The number of hydrogen-bond acceptors (Lipinski definition) is 2. The standard InChI is InChI=1S/C15H23F3N2/c1-3-4-5-10-20(2)13-7-6-12(8-9-19)14(11-13)15(16,17)18/h6-7,11H,3-5,8-10,19H2,1-2H3. The molecule has 114 valence electrons. The van der Waals surface area contributed by atoms with Crippen molar-refractivity contribution in [3.05, 3.63) is 29.3 Å². The molecule has 0 saturated heterocycles. The van der Waals surface area contributed by atoms with Crippen molar-refractivity contribution in [2.24, 2.45) is 5.73 Å². The summed E-state index contributed by atoms with van der Waals surface area (Å²) in [5.41, 5.74) is 5.68. The van der Waals surface area contributed by atoms with Gasteiger partial charge in [0.15, 0.2) is 0 Å². The van der Waals surface area contributed by atoms with Crippen LogP contribution < -0.4 is 10.6 Å². The zero-order valence-electron chi connectivity index (χ0n) is 12.1. The molecule has 2 N–H and O–H groups in total. The van der Waals surface area contributed by atoms with Crippen LogP contribution in [0.3, 0.4) is 0 Å². The fourth-order valence-electron chi connectivity index (χ4n) is 2.17. The van der Waals surface area contributed by atoms with E-state index >= 15 is 0 Å². The fraction of sp³-hybridized carbons (Fsp3) is 0.600. The molecule has 5 heteroatoms. The molecule has 0 bridgehead atoms. The van der Waals surface area contributed by atoms with Crippen LogP contribution in [0.2, 0.25) is 0 Å². The van der Waals surface area contributed by atoms with Crippen LogP contribution in [0.15, 0.2) is 18.2 Å². The quantitative estimate of drug-likeness (QED) is 0.773. The third-order valence-corrected chi connectivity index (χ3v) is 3.35. The number of alkyl halides is 3. The van der Waals surface area contributed by atoms with Gasteiger partial charge in [-0.05, 0) is 37.1 Å². The van der Waals surface area contributed by atoms with E-state index in [0.29, 0.717) is 5.69 Å². The van der Waals surface area contributed by atoms with Crippen molar-refractivity contribution in [3.8, 4) is 0 Å². The maximum absolute atomic E-state index is 13.1. The smallest absolute Gasteiger partial charge is 0.375 e. The van der Waals surface area contributed by atoms with Gasteiger partial charge in [0.25, 0.3) is 0 Å². The van der Waals surface area contributed by atoms with Gasteiger partial charge in [0, 0.05) is 19.3 Å². The van der Waals surface area contributed by atoms with Crippen LogP contribution in [0.4, 0.5) is 18.9 Å². The Labute approximate surface area is 118 Å². The monoisotopic (exact) mass is 288 g/mol. The summed E-state index contributed by atoms with van der Waals surface area (Å²) in [5, 5.41) is 0. The first-order valence-electron chi connectivity index (χ1n) is 7.01. The van der Waals surface area contributed by atoms with Crippen LogP contribution in [-0.4, -0.2) is 20.1 Å². The number of unbranched alkanes of at least 4 members (excludes halogenated alkanes) is 2. The van der Waals surface area contributed by atoms with E-state index in [4.69, 9.17) is 5.73 Å². The van der Waals surface area contributed by atoms with E-state index in [-0.39, 0.29) is 18.5 Å². The van der Waals surface area contributed by atoms with Crippen LogP contribution in [0.1, 0.15) is 37.3 Å². The van der Waals surface area contributed by atoms with E-state index in [9.17, 15) is 13.2 Å². The molecule has 20 heavy (non-hydrogen) atoms. The molecule has 2 nitrogen and oxygen atoms in total. The Balaban J connectivity index is 2.94.